The summed E-state index contributed by atoms with van der Waals surface area (Å²) in [5, 5.41) is 16.8. The van der Waals surface area contributed by atoms with Gasteiger partial charge in [-0.1, -0.05) is 0 Å². The van der Waals surface area contributed by atoms with Crippen molar-refractivity contribution in [2.75, 3.05) is 0 Å². The quantitative estimate of drug-likeness (QED) is 0.389. The van der Waals surface area contributed by atoms with Gasteiger partial charge >= 0.3 is 0 Å². The molecule has 62 valence electrons. The Kier molecular flexibility index (Phi) is 6.29. The summed E-state index contributed by atoms with van der Waals surface area (Å²) in [5.74, 6) is -1.08. The highest BCUT2D eigenvalue weighted by atomic mass is 17.1. The number of carboxylic acid groups (broad SMARTS) is 1. The molecule has 0 aromatic heterocycles. The molecule has 0 aliphatic rings. The highest BCUT2D eigenvalue weighted by Gasteiger charge is 2.06. The second-order valence-electron chi connectivity index (χ2n) is 2.70. The lowest BCUT2D eigenvalue weighted by atomic mass is 10.2. The molecule has 0 fully saturated rings. The molecule has 0 rings (SSSR count). The van der Waals surface area contributed by atoms with Crippen LogP contribution in [0.15, 0.2) is 0 Å². The van der Waals surface area contributed by atoms with Crippen molar-refractivity contribution in [1.82, 2.24) is 0 Å². The molecule has 0 aliphatic heterocycles. The summed E-state index contributed by atoms with van der Waals surface area (Å²) < 4.78 is 0. The maximum atomic E-state index is 8.89. The van der Waals surface area contributed by atoms with Crippen molar-refractivity contribution in [3.63, 3.8) is 0 Å². The molecular weight excluding hydrogens is 136 g/mol. The Morgan fingerprint density at radius 1 is 1.50 bits per heavy atom. The third kappa shape index (κ3) is 52.8. The van der Waals surface area contributed by atoms with Crippen LogP contribution in [0.1, 0.15) is 27.7 Å². The summed E-state index contributed by atoms with van der Waals surface area (Å²) in [5.41, 5.74) is -0.403. The molecule has 4 nitrogen and oxygen atoms in total. The summed E-state index contributed by atoms with van der Waals surface area (Å²) in [6.07, 6.45) is 0. The van der Waals surface area contributed by atoms with E-state index in [9.17, 15) is 0 Å². The summed E-state index contributed by atoms with van der Waals surface area (Å²) in [7, 11) is 0. The van der Waals surface area contributed by atoms with Crippen molar-refractivity contribution >= 4 is 5.97 Å². The largest absolute Gasteiger partial charge is 0.550 e. The van der Waals surface area contributed by atoms with Crippen LogP contribution in [0.2, 0.25) is 0 Å². The van der Waals surface area contributed by atoms with Crippen LogP contribution in [0.3, 0.4) is 0 Å². The van der Waals surface area contributed by atoms with Gasteiger partial charge in [0.15, 0.2) is 0 Å². The average molecular weight is 149 g/mol. The van der Waals surface area contributed by atoms with E-state index >= 15 is 0 Å². The van der Waals surface area contributed by atoms with Gasteiger partial charge in [0.1, 0.15) is 0 Å². The number of carbonyl (C=O) groups is 1. The molecule has 0 unspecified atom stereocenters. The van der Waals surface area contributed by atoms with Gasteiger partial charge in [0, 0.05) is 5.97 Å². The summed E-state index contributed by atoms with van der Waals surface area (Å²) in [6.45, 7) is 6.28. The maximum absolute atomic E-state index is 8.89. The van der Waals surface area contributed by atoms with Gasteiger partial charge in [0.25, 0.3) is 0 Å². The first-order valence-corrected chi connectivity index (χ1v) is 2.79. The van der Waals surface area contributed by atoms with E-state index in [0.717, 1.165) is 6.92 Å². The Bertz CT molecular complexity index is 88.4. The van der Waals surface area contributed by atoms with Crippen LogP contribution in [0.25, 0.3) is 0 Å². The lowest BCUT2D eigenvalue weighted by molar-refractivity contribution is -0.306. The first kappa shape index (κ1) is 12.1. The predicted octanol–water partition coefficient (Wildman–Crippen LogP) is 0.0307. The fourth-order valence-electron chi connectivity index (χ4n) is 0. The smallest absolute Gasteiger partial charge is 0.0949 e. The van der Waals surface area contributed by atoms with Crippen molar-refractivity contribution in [1.29, 1.82) is 0 Å². The molecule has 1 N–H and O–H groups in total. The Labute approximate surface area is 60.4 Å². The summed E-state index contributed by atoms with van der Waals surface area (Å²) in [6, 6.07) is 0. The van der Waals surface area contributed by atoms with E-state index in [1.54, 1.807) is 20.8 Å². The molecule has 0 aromatic rings. The molecule has 0 atom stereocenters. The van der Waals surface area contributed by atoms with E-state index in [1.807, 2.05) is 0 Å². The topological polar surface area (TPSA) is 69.6 Å². The molecule has 0 heterocycles. The highest BCUT2D eigenvalue weighted by molar-refractivity contribution is 5.60. The van der Waals surface area contributed by atoms with Gasteiger partial charge in [-0.25, -0.2) is 4.89 Å². The van der Waals surface area contributed by atoms with Crippen LogP contribution in [-0.2, 0) is 9.68 Å². The molecule has 0 bridgehead atoms. The van der Waals surface area contributed by atoms with E-state index in [-0.39, 0.29) is 0 Å². The molecule has 0 spiro atoms. The lowest BCUT2D eigenvalue weighted by Crippen LogP contribution is -2.16. The molecule has 4 heteroatoms. The second kappa shape index (κ2) is 5.20. The molecule has 0 amide bonds. The zero-order valence-corrected chi connectivity index (χ0v) is 6.67. The zero-order chi connectivity index (χ0) is 8.78. The van der Waals surface area contributed by atoms with Gasteiger partial charge in [-0.3, -0.25) is 5.26 Å². The minimum absolute atomic E-state index is 0.403. The predicted molar refractivity (Wildman–Crippen MR) is 34.1 cm³/mol. The van der Waals surface area contributed by atoms with Crippen molar-refractivity contribution < 1.29 is 20.0 Å². The highest BCUT2D eigenvalue weighted by Crippen LogP contribution is 2.01. The standard InChI is InChI=1S/C4H10O2.C2H4O2/c1-4(2,3)6-5;1-2(3)4/h5H,1-3H3;1H3,(H,3,4)/p-1. The van der Waals surface area contributed by atoms with Crippen molar-refractivity contribution in [3.05, 3.63) is 0 Å². The van der Waals surface area contributed by atoms with E-state index in [0.29, 0.717) is 0 Å². The summed E-state index contributed by atoms with van der Waals surface area (Å²) in [4.78, 5) is 12.8. The van der Waals surface area contributed by atoms with Gasteiger partial charge in [0.05, 0.1) is 5.60 Å². The van der Waals surface area contributed by atoms with E-state index in [1.165, 1.54) is 0 Å². The normalized spacial score (nSPS) is 9.70. The number of carboxylic acids is 1. The molecule has 10 heavy (non-hydrogen) atoms. The molecule has 0 aliphatic carbocycles. The monoisotopic (exact) mass is 149 g/mol. The van der Waals surface area contributed by atoms with Crippen molar-refractivity contribution in [3.8, 4) is 0 Å². The van der Waals surface area contributed by atoms with Crippen LogP contribution < -0.4 is 5.11 Å². The Hall–Kier alpha value is -0.610. The number of hydrogen-bond acceptors (Lipinski definition) is 4. The molecule has 0 saturated heterocycles. The zero-order valence-electron chi connectivity index (χ0n) is 6.67. The lowest BCUT2D eigenvalue weighted by Gasteiger charge is -2.10. The third-order valence-electron chi connectivity index (χ3n) is 0.274. The van der Waals surface area contributed by atoms with Crippen LogP contribution >= 0.6 is 0 Å². The van der Waals surface area contributed by atoms with Gasteiger partial charge in [-0.05, 0) is 27.7 Å². The van der Waals surface area contributed by atoms with Gasteiger partial charge in [-0.15, -0.1) is 0 Å². The van der Waals surface area contributed by atoms with E-state index < -0.39 is 11.6 Å². The maximum Gasteiger partial charge on any atom is 0.0949 e. The first-order valence-electron chi connectivity index (χ1n) is 2.79. The Morgan fingerprint density at radius 3 is 1.60 bits per heavy atom. The Morgan fingerprint density at radius 2 is 1.60 bits per heavy atom. The second-order valence-corrected chi connectivity index (χ2v) is 2.70. The van der Waals surface area contributed by atoms with Crippen LogP contribution in [0.5, 0.6) is 0 Å². The van der Waals surface area contributed by atoms with Crippen LogP contribution in [0, 0.1) is 0 Å². The summed E-state index contributed by atoms with van der Waals surface area (Å²) >= 11 is 0. The molecule has 0 radical (unpaired) electrons. The number of hydrogen-bond donors (Lipinski definition) is 1. The van der Waals surface area contributed by atoms with E-state index in [4.69, 9.17) is 15.2 Å². The fourth-order valence-corrected chi connectivity index (χ4v) is 0. The van der Waals surface area contributed by atoms with Crippen molar-refractivity contribution in [2.24, 2.45) is 0 Å². The number of rotatable bonds is 0. The SMILES string of the molecule is CC(=O)[O-].CC(C)(C)OO. The fraction of sp³-hybridized carbons (Fsp3) is 0.833. The minimum Gasteiger partial charge on any atom is -0.550 e. The van der Waals surface area contributed by atoms with Gasteiger partial charge < -0.3 is 9.90 Å². The Balaban J connectivity index is 0. The average Bonchev–Trinajstić information content (AvgIpc) is 1.63. The first-order chi connectivity index (χ1) is 4.29. The van der Waals surface area contributed by atoms with E-state index in [2.05, 4.69) is 4.89 Å². The number of aliphatic carboxylic acids is 1. The molecule has 0 saturated carbocycles. The van der Waals surface area contributed by atoms with Crippen molar-refractivity contribution in [2.45, 2.75) is 33.3 Å². The minimum atomic E-state index is -1.08. The van der Waals surface area contributed by atoms with Gasteiger partial charge in [-0.2, -0.15) is 0 Å². The third-order valence-corrected chi connectivity index (χ3v) is 0.274. The van der Waals surface area contributed by atoms with Gasteiger partial charge in [0.2, 0.25) is 0 Å². The molecule has 0 aromatic carbocycles. The van der Waals surface area contributed by atoms with Crippen LogP contribution in [0.4, 0.5) is 0 Å². The molecular formula is C6H13O4-. The van der Waals surface area contributed by atoms with Crippen LogP contribution in [-0.4, -0.2) is 16.8 Å². The number of carbonyl (C=O) groups excluding carboxylic acids is 1.